The smallest absolute Gasteiger partial charge is 0.413 e. The van der Waals surface area contributed by atoms with Crippen LogP contribution in [0.5, 0.6) is 0 Å². The molecule has 0 atom stereocenters. The number of ketones is 1. The van der Waals surface area contributed by atoms with Gasteiger partial charge in [-0.05, 0) is 46.5 Å². The summed E-state index contributed by atoms with van der Waals surface area (Å²) in [5.41, 5.74) is 3.78. The lowest BCUT2D eigenvalue weighted by atomic mass is 10.1. The van der Waals surface area contributed by atoms with E-state index in [4.69, 9.17) is 13.9 Å². The number of nitrogens with one attached hydrogen (secondary N) is 1. The van der Waals surface area contributed by atoms with Crippen LogP contribution in [-0.2, 0) is 46.6 Å². The summed E-state index contributed by atoms with van der Waals surface area (Å²) in [6, 6.07) is 19.9. The number of hydrogen-bond acceptors (Lipinski definition) is 11. The Morgan fingerprint density at radius 1 is 0.615 bits per heavy atom. The van der Waals surface area contributed by atoms with Gasteiger partial charge in [0.25, 0.3) is 0 Å². The van der Waals surface area contributed by atoms with Crippen LogP contribution in [-0.4, -0.2) is 129 Å². The predicted molar refractivity (Wildman–Crippen MR) is 217 cm³/mol. The molecule has 65 heavy (non-hydrogen) atoms. The minimum absolute atomic E-state index is 0.118. The summed E-state index contributed by atoms with van der Waals surface area (Å²) in [6.07, 6.45) is -3.05. The minimum Gasteiger partial charge on any atom is -0.413 e. The third kappa shape index (κ3) is 14.0. The molecule has 0 unspecified atom stereocenters. The van der Waals surface area contributed by atoms with E-state index < -0.39 is 36.5 Å². The van der Waals surface area contributed by atoms with Crippen molar-refractivity contribution in [2.45, 2.75) is 38.5 Å². The molecule has 2 aliphatic rings. The lowest BCUT2D eigenvalue weighted by Crippen LogP contribution is -2.47. The molecule has 1 N–H and O–H groups in total. The van der Waals surface area contributed by atoms with E-state index in [0.29, 0.717) is 77.8 Å². The molecule has 0 saturated carbocycles. The zero-order valence-electron chi connectivity index (χ0n) is 34.6. The zero-order chi connectivity index (χ0) is 46.4. The SMILES string of the molecule is O=C(CNC(=O)C(F)(F)F)c1ccc(CN(Cc2cccnc2)C(=O)N2CCOCC2)cc1.O=C(N1CCOCC1)N(Cc1ccc(-c2nnc(C(F)(F)F)o2)cc1)Cc1cccnc1. The number of alkyl halides is 6. The fourth-order valence-corrected chi connectivity index (χ4v) is 6.52. The molecule has 7 rings (SSSR count). The van der Waals surface area contributed by atoms with Gasteiger partial charge in [0.2, 0.25) is 5.89 Å². The van der Waals surface area contributed by atoms with Crippen molar-refractivity contribution >= 4 is 23.8 Å². The number of carbonyl (C=O) groups is 4. The third-order valence-electron chi connectivity index (χ3n) is 9.85. The first-order valence-corrected chi connectivity index (χ1v) is 20.1. The number of urea groups is 2. The van der Waals surface area contributed by atoms with Crippen molar-refractivity contribution < 1.29 is 59.4 Å². The Balaban J connectivity index is 0.000000215. The monoisotopic (exact) mass is 911 g/mol. The van der Waals surface area contributed by atoms with Gasteiger partial charge in [-0.1, -0.05) is 48.5 Å². The molecule has 0 bridgehead atoms. The molecule has 2 saturated heterocycles. The number of amides is 5. The molecule has 344 valence electrons. The second kappa shape index (κ2) is 22.1. The summed E-state index contributed by atoms with van der Waals surface area (Å²) in [5, 5.41) is 8.06. The van der Waals surface area contributed by atoms with Crippen molar-refractivity contribution in [2.75, 3.05) is 59.2 Å². The standard InChI is InChI=1S/C22H23F3N4O4.C21H20F3N5O3/c23-22(24,25)20(31)27-13-19(30)18-5-3-16(4-6-18)14-29(15-17-2-1-7-26-12-17)21(32)28-8-10-33-11-9-28;22-21(23,24)19-27-26-18(32-19)17-5-3-15(4-6-17)13-29(14-16-2-1-7-25-12-16)20(30)28-8-10-31-11-9-28/h1-7,12H,8-11,13-15H2,(H,27,31);1-7,12H,8-11,13-14H2. The van der Waals surface area contributed by atoms with Gasteiger partial charge in [0.1, 0.15) is 0 Å². The van der Waals surface area contributed by atoms with Crippen LogP contribution in [0.4, 0.5) is 35.9 Å². The topological polar surface area (TPSA) is 176 Å². The predicted octanol–water partition coefficient (Wildman–Crippen LogP) is 6.00. The molecule has 0 spiro atoms. The molecule has 2 fully saturated rings. The Kier molecular flexibility index (Phi) is 16.2. The van der Waals surface area contributed by atoms with Gasteiger partial charge in [-0.3, -0.25) is 19.6 Å². The number of halogens is 6. The number of Topliss-reactive ketones (excluding diaryl/α,β-unsaturated/α-hetero) is 1. The van der Waals surface area contributed by atoms with Gasteiger partial charge in [-0.25, -0.2) is 9.59 Å². The molecular formula is C43H43F6N9O7. The number of hydrogen-bond donors (Lipinski definition) is 1. The summed E-state index contributed by atoms with van der Waals surface area (Å²) < 4.78 is 90.2. The molecule has 0 radical (unpaired) electrons. The van der Waals surface area contributed by atoms with E-state index in [9.17, 15) is 45.5 Å². The van der Waals surface area contributed by atoms with Gasteiger partial charge in [-0.2, -0.15) is 26.3 Å². The average Bonchev–Trinajstić information content (AvgIpc) is 3.83. The number of aromatic nitrogens is 4. The van der Waals surface area contributed by atoms with E-state index in [1.54, 1.807) is 98.2 Å². The van der Waals surface area contributed by atoms with Crippen LogP contribution in [0.2, 0.25) is 0 Å². The molecule has 0 aliphatic carbocycles. The first kappa shape index (κ1) is 47.5. The fraction of sp³-hybridized carbons (Fsp3) is 0.349. The van der Waals surface area contributed by atoms with Crippen molar-refractivity contribution in [1.29, 1.82) is 0 Å². The second-order valence-corrected chi connectivity index (χ2v) is 14.6. The molecule has 16 nitrogen and oxygen atoms in total. The van der Waals surface area contributed by atoms with E-state index in [-0.39, 0.29) is 30.1 Å². The van der Waals surface area contributed by atoms with Crippen molar-refractivity contribution in [3.8, 4) is 11.5 Å². The Morgan fingerprint density at radius 2 is 1.08 bits per heavy atom. The van der Waals surface area contributed by atoms with Crippen molar-refractivity contribution in [1.82, 2.24) is 45.1 Å². The Bertz CT molecular complexity index is 2320. The van der Waals surface area contributed by atoms with Crippen LogP contribution in [0.25, 0.3) is 11.5 Å². The normalized spacial score (nSPS) is 14.2. The molecule has 2 aliphatic heterocycles. The number of carbonyl (C=O) groups excluding carboxylic acids is 4. The molecule has 5 heterocycles. The molecule has 3 aromatic heterocycles. The van der Waals surface area contributed by atoms with E-state index in [1.165, 1.54) is 12.1 Å². The molecule has 22 heteroatoms. The van der Waals surface area contributed by atoms with Gasteiger partial charge in [0.05, 0.1) is 33.0 Å². The third-order valence-corrected chi connectivity index (χ3v) is 9.85. The summed E-state index contributed by atoms with van der Waals surface area (Å²) in [7, 11) is 0. The average molecular weight is 912 g/mol. The van der Waals surface area contributed by atoms with Crippen molar-refractivity contribution in [2.24, 2.45) is 0 Å². The molecular weight excluding hydrogens is 869 g/mol. The lowest BCUT2D eigenvalue weighted by Gasteiger charge is -2.33. The highest BCUT2D eigenvalue weighted by molar-refractivity contribution is 5.99. The van der Waals surface area contributed by atoms with Gasteiger partial charge < -0.3 is 38.8 Å². The number of morpholine rings is 2. The number of ether oxygens (including phenoxy) is 2. The molecule has 5 amide bonds. The Labute approximate surface area is 368 Å². The van der Waals surface area contributed by atoms with E-state index in [0.717, 1.165) is 22.3 Å². The first-order valence-electron chi connectivity index (χ1n) is 20.1. The van der Waals surface area contributed by atoms with Crippen LogP contribution in [0, 0.1) is 0 Å². The summed E-state index contributed by atoms with van der Waals surface area (Å²) in [6.45, 7) is 4.41. The summed E-state index contributed by atoms with van der Waals surface area (Å²) in [4.78, 5) is 64.2. The van der Waals surface area contributed by atoms with Crippen LogP contribution in [0.15, 0.2) is 102 Å². The van der Waals surface area contributed by atoms with Crippen molar-refractivity contribution in [3.63, 3.8) is 0 Å². The number of nitrogens with zero attached hydrogens (tertiary/aromatic N) is 8. The largest absolute Gasteiger partial charge is 0.471 e. The van der Waals surface area contributed by atoms with Gasteiger partial charge in [-0.15, -0.1) is 10.2 Å². The molecule has 2 aromatic carbocycles. The van der Waals surface area contributed by atoms with E-state index in [2.05, 4.69) is 20.2 Å². The van der Waals surface area contributed by atoms with Gasteiger partial charge in [0, 0.05) is 88.3 Å². The van der Waals surface area contributed by atoms with Crippen LogP contribution < -0.4 is 5.32 Å². The Hall–Kier alpha value is -6.94. The van der Waals surface area contributed by atoms with Crippen LogP contribution >= 0.6 is 0 Å². The maximum absolute atomic E-state index is 13.1. The van der Waals surface area contributed by atoms with Crippen molar-refractivity contribution in [3.05, 3.63) is 131 Å². The highest BCUT2D eigenvalue weighted by Crippen LogP contribution is 2.30. The Morgan fingerprint density at radius 3 is 1.49 bits per heavy atom. The molecule has 5 aromatic rings. The maximum atomic E-state index is 13.1. The van der Waals surface area contributed by atoms with Crippen LogP contribution in [0.1, 0.15) is 38.5 Å². The minimum atomic E-state index is -5.05. The quantitative estimate of drug-likeness (QED) is 0.115. The van der Waals surface area contributed by atoms with Gasteiger partial charge >= 0.3 is 36.2 Å². The lowest BCUT2D eigenvalue weighted by molar-refractivity contribution is -0.173. The van der Waals surface area contributed by atoms with E-state index in [1.807, 2.05) is 12.1 Å². The first-order chi connectivity index (χ1) is 31.1. The number of benzene rings is 2. The summed E-state index contributed by atoms with van der Waals surface area (Å²) in [5.74, 6) is -4.44. The summed E-state index contributed by atoms with van der Waals surface area (Å²) >= 11 is 0. The highest BCUT2D eigenvalue weighted by Gasteiger charge is 2.39. The number of pyridine rings is 2. The van der Waals surface area contributed by atoms with Crippen LogP contribution in [0.3, 0.4) is 0 Å². The second-order valence-electron chi connectivity index (χ2n) is 14.6. The number of rotatable bonds is 12. The van der Waals surface area contributed by atoms with E-state index >= 15 is 0 Å². The maximum Gasteiger partial charge on any atom is 0.471 e. The highest BCUT2D eigenvalue weighted by atomic mass is 19.4. The fourth-order valence-electron chi connectivity index (χ4n) is 6.52. The van der Waals surface area contributed by atoms with Gasteiger partial charge in [0.15, 0.2) is 5.78 Å². The zero-order valence-corrected chi connectivity index (χ0v) is 34.6.